The molecule has 0 atom stereocenters. The lowest BCUT2D eigenvalue weighted by atomic mass is 10.1. The van der Waals surface area contributed by atoms with Crippen molar-refractivity contribution < 1.29 is 23.9 Å². The van der Waals surface area contributed by atoms with E-state index in [-0.39, 0.29) is 35.7 Å². The predicted octanol–water partition coefficient (Wildman–Crippen LogP) is 1.28. The largest absolute Gasteiger partial charge is 0.465 e. The average molecular weight is 398 g/mol. The van der Waals surface area contributed by atoms with Crippen LogP contribution in [0.1, 0.15) is 27.1 Å². The quantitative estimate of drug-likeness (QED) is 0.598. The molecule has 2 aliphatic heterocycles. The maximum absolute atomic E-state index is 12.2. The Morgan fingerprint density at radius 1 is 1.07 bits per heavy atom. The van der Waals surface area contributed by atoms with Crippen LogP contribution in [0.4, 0.5) is 5.69 Å². The lowest BCUT2D eigenvalue weighted by Gasteiger charge is -2.12. The molecule has 29 heavy (non-hydrogen) atoms. The van der Waals surface area contributed by atoms with Gasteiger partial charge in [0, 0.05) is 31.0 Å². The maximum atomic E-state index is 12.2. The fraction of sp³-hybridized carbons (Fsp3) is 0.211. The summed E-state index contributed by atoms with van der Waals surface area (Å²) in [7, 11) is 2.52. The molecule has 1 amide bonds. The van der Waals surface area contributed by atoms with E-state index in [1.807, 2.05) is 0 Å². The van der Waals surface area contributed by atoms with E-state index in [0.29, 0.717) is 11.3 Å². The highest BCUT2D eigenvalue weighted by Crippen LogP contribution is 2.20. The minimum atomic E-state index is -0.633. The minimum Gasteiger partial charge on any atom is -0.465 e. The number of methoxy groups -OCH3 is 2. The van der Waals surface area contributed by atoms with Crippen LogP contribution in [0.25, 0.3) is 11.3 Å². The highest BCUT2D eigenvalue weighted by atomic mass is 16.5. The first-order valence-corrected chi connectivity index (χ1v) is 8.57. The first-order valence-electron chi connectivity index (χ1n) is 8.57. The molecule has 2 aliphatic rings. The van der Waals surface area contributed by atoms with Crippen LogP contribution in [-0.4, -0.2) is 46.8 Å². The number of esters is 2. The Hall–Kier alpha value is -3.95. The molecule has 1 aromatic rings. The number of carbonyl (C=O) groups excluding carboxylic acids is 3. The number of benzene rings is 1. The van der Waals surface area contributed by atoms with Crippen LogP contribution in [0.5, 0.6) is 0 Å². The third kappa shape index (κ3) is 4.32. The van der Waals surface area contributed by atoms with E-state index in [2.05, 4.69) is 20.3 Å². The van der Waals surface area contributed by atoms with Crippen molar-refractivity contribution in [2.45, 2.75) is 13.0 Å². The normalized spacial score (nSPS) is 10.6. The molecule has 2 heterocycles. The van der Waals surface area contributed by atoms with Crippen LogP contribution >= 0.6 is 0 Å². The number of pyridine rings is 1. The molecule has 0 radical (unpaired) electrons. The van der Waals surface area contributed by atoms with Crippen molar-refractivity contribution in [3.8, 4) is 11.3 Å². The van der Waals surface area contributed by atoms with Gasteiger partial charge in [0.15, 0.2) is 0 Å². The van der Waals surface area contributed by atoms with Crippen molar-refractivity contribution in [3.05, 3.63) is 58.1 Å². The number of rotatable bonds is 6. The van der Waals surface area contributed by atoms with Crippen LogP contribution in [0.2, 0.25) is 0 Å². The van der Waals surface area contributed by atoms with Crippen molar-refractivity contribution >= 4 is 23.5 Å². The molecular weight excluding hydrogens is 380 g/mol. The first-order chi connectivity index (χ1) is 13.9. The fourth-order valence-electron chi connectivity index (χ4n) is 2.74. The number of aromatic nitrogens is 3. The lowest BCUT2D eigenvalue weighted by molar-refractivity contribution is -0.116. The number of hydrogen-bond donors (Lipinski definition) is 2. The highest BCUT2D eigenvalue weighted by Gasteiger charge is 2.21. The smallest absolute Gasteiger partial charge is 0.341 e. The van der Waals surface area contributed by atoms with Gasteiger partial charge in [-0.3, -0.25) is 9.59 Å². The molecule has 3 rings (SSSR count). The number of anilines is 1. The number of aromatic amines is 1. The van der Waals surface area contributed by atoms with Crippen molar-refractivity contribution in [3.63, 3.8) is 0 Å². The Bertz CT molecular complexity index is 1080. The van der Waals surface area contributed by atoms with Gasteiger partial charge in [-0.15, -0.1) is 0 Å². The summed E-state index contributed by atoms with van der Waals surface area (Å²) in [6, 6.07) is 6.27. The average Bonchev–Trinajstić information content (AvgIpc) is 3.11. The van der Waals surface area contributed by atoms with E-state index in [1.54, 1.807) is 28.8 Å². The summed E-state index contributed by atoms with van der Waals surface area (Å²) in [6.07, 6.45) is 3.08. The number of hydrogen-bond acceptors (Lipinski definition) is 7. The zero-order valence-corrected chi connectivity index (χ0v) is 15.7. The van der Waals surface area contributed by atoms with Crippen molar-refractivity contribution in [2.75, 3.05) is 19.5 Å². The van der Waals surface area contributed by atoms with E-state index >= 15 is 0 Å². The van der Waals surface area contributed by atoms with E-state index < -0.39 is 17.5 Å². The van der Waals surface area contributed by atoms with Gasteiger partial charge >= 0.3 is 11.9 Å². The van der Waals surface area contributed by atoms with Gasteiger partial charge in [-0.25, -0.2) is 14.7 Å². The molecule has 0 fully saturated rings. The standard InChI is InChI=1S/C19H18N4O6/c1-28-18(26)11-3-5-12(6-4-11)20-15(24)7-8-23-9-13-16(21-22-17(13)25)14(10-23)19(27)29-2/h3-6,9-10H,7-8H2,1-2H3,(H,20,24)(H,22,25). The third-order valence-corrected chi connectivity index (χ3v) is 4.21. The molecule has 0 unspecified atom stereocenters. The van der Waals surface area contributed by atoms with Gasteiger partial charge < -0.3 is 19.4 Å². The molecule has 0 aliphatic carbocycles. The number of aryl methyl sites for hydroxylation is 1. The van der Waals surface area contributed by atoms with Crippen molar-refractivity contribution in [2.24, 2.45) is 0 Å². The van der Waals surface area contributed by atoms with Crippen LogP contribution < -0.4 is 10.9 Å². The van der Waals surface area contributed by atoms with Gasteiger partial charge in [-0.05, 0) is 24.3 Å². The van der Waals surface area contributed by atoms with E-state index in [0.717, 1.165) is 0 Å². The summed E-state index contributed by atoms with van der Waals surface area (Å²) in [5, 5.41) is 8.85. The number of nitrogens with zero attached hydrogens (tertiary/aromatic N) is 2. The third-order valence-electron chi connectivity index (χ3n) is 4.21. The van der Waals surface area contributed by atoms with Crippen molar-refractivity contribution in [1.82, 2.24) is 14.8 Å². The zero-order chi connectivity index (χ0) is 21.0. The predicted molar refractivity (Wildman–Crippen MR) is 102 cm³/mol. The maximum Gasteiger partial charge on any atom is 0.341 e. The minimum absolute atomic E-state index is 0.0849. The Balaban J connectivity index is 1.70. The number of H-pyrrole nitrogens is 1. The van der Waals surface area contributed by atoms with Gasteiger partial charge in [0.2, 0.25) is 5.91 Å². The SMILES string of the molecule is COC(=O)c1ccc(NC(=O)CCn2cc(C(=O)OC)c3n[nH]c(=O)c-3c2)cc1. The van der Waals surface area contributed by atoms with E-state index in [9.17, 15) is 19.2 Å². The van der Waals surface area contributed by atoms with Gasteiger partial charge in [0.1, 0.15) is 11.3 Å². The Labute approximate surface area is 164 Å². The summed E-state index contributed by atoms with van der Waals surface area (Å²) in [6.45, 7) is 0.219. The number of amides is 1. The van der Waals surface area contributed by atoms with Crippen LogP contribution in [0.15, 0.2) is 41.5 Å². The van der Waals surface area contributed by atoms with Crippen LogP contribution in [-0.2, 0) is 20.8 Å². The molecule has 0 bridgehead atoms. The number of fused-ring (bicyclic) bond motifs is 1. The van der Waals surface area contributed by atoms with E-state index in [4.69, 9.17) is 4.74 Å². The summed E-state index contributed by atoms with van der Waals surface area (Å²) in [5.74, 6) is -1.38. The monoisotopic (exact) mass is 398 g/mol. The zero-order valence-electron chi connectivity index (χ0n) is 15.7. The molecule has 1 aromatic carbocycles. The second kappa shape index (κ2) is 8.38. The van der Waals surface area contributed by atoms with Gasteiger partial charge in [-0.2, -0.15) is 5.10 Å². The lowest BCUT2D eigenvalue weighted by Crippen LogP contribution is -2.17. The van der Waals surface area contributed by atoms with Crippen LogP contribution in [0, 0.1) is 0 Å². The fourth-order valence-corrected chi connectivity index (χ4v) is 2.74. The summed E-state index contributed by atoms with van der Waals surface area (Å²) >= 11 is 0. The number of ether oxygens (including phenoxy) is 2. The Morgan fingerprint density at radius 2 is 1.76 bits per heavy atom. The molecule has 150 valence electrons. The van der Waals surface area contributed by atoms with Crippen molar-refractivity contribution in [1.29, 1.82) is 0 Å². The summed E-state index contributed by atoms with van der Waals surface area (Å²) < 4.78 is 10.9. The second-order valence-corrected chi connectivity index (χ2v) is 6.08. The topological polar surface area (TPSA) is 132 Å². The molecule has 10 heteroatoms. The van der Waals surface area contributed by atoms with Gasteiger partial charge in [0.25, 0.3) is 5.56 Å². The highest BCUT2D eigenvalue weighted by molar-refractivity contribution is 5.96. The summed E-state index contributed by atoms with van der Waals surface area (Å²) in [5.41, 5.74) is 1.03. The van der Waals surface area contributed by atoms with Crippen LogP contribution in [0.3, 0.4) is 0 Å². The Morgan fingerprint density at radius 3 is 2.41 bits per heavy atom. The molecular formula is C19H18N4O6. The molecule has 2 N–H and O–H groups in total. The number of nitrogens with one attached hydrogen (secondary N) is 2. The summed E-state index contributed by atoms with van der Waals surface area (Å²) in [4.78, 5) is 47.5. The molecule has 0 spiro atoms. The van der Waals surface area contributed by atoms with Gasteiger partial charge in [-0.1, -0.05) is 0 Å². The second-order valence-electron chi connectivity index (χ2n) is 6.08. The molecule has 0 saturated heterocycles. The van der Waals surface area contributed by atoms with E-state index in [1.165, 1.54) is 26.6 Å². The van der Waals surface area contributed by atoms with Gasteiger partial charge in [0.05, 0.1) is 25.3 Å². The first kappa shape index (κ1) is 19.8. The number of carbonyl (C=O) groups is 3. The molecule has 10 nitrogen and oxygen atoms in total. The molecule has 0 aromatic heterocycles. The molecule has 0 saturated carbocycles. The Kier molecular flexibility index (Phi) is 5.72.